The van der Waals surface area contributed by atoms with Crippen LogP contribution in [-0.2, 0) is 0 Å². The standard InChI is InChI=1S/C19H13F2N5O/c20-16(21)18-26-25-17(27-18)13-10-22-19(23-11-13)24-15-9-5-4-8-14(15)12-6-2-1-3-7-12/h1-11,16H,(H,22,23,24). The number of hydrogen-bond donors (Lipinski definition) is 1. The Kier molecular flexibility index (Phi) is 4.52. The van der Waals surface area contributed by atoms with Crippen LogP contribution in [0.5, 0.6) is 0 Å². The van der Waals surface area contributed by atoms with Crippen molar-refractivity contribution in [3.63, 3.8) is 0 Å². The van der Waals surface area contributed by atoms with Crippen molar-refractivity contribution in [3.8, 4) is 22.6 Å². The number of halogens is 2. The summed E-state index contributed by atoms with van der Waals surface area (Å²) in [6, 6.07) is 17.7. The second-order valence-corrected chi connectivity index (χ2v) is 5.58. The topological polar surface area (TPSA) is 76.7 Å². The van der Waals surface area contributed by atoms with Crippen LogP contribution in [0.4, 0.5) is 20.4 Å². The Morgan fingerprint density at radius 3 is 2.22 bits per heavy atom. The lowest BCUT2D eigenvalue weighted by molar-refractivity contribution is 0.116. The largest absolute Gasteiger partial charge is 0.415 e. The third-order valence-corrected chi connectivity index (χ3v) is 3.78. The lowest BCUT2D eigenvalue weighted by Crippen LogP contribution is -1.98. The van der Waals surface area contributed by atoms with Crippen LogP contribution in [0.3, 0.4) is 0 Å². The zero-order chi connectivity index (χ0) is 18.6. The fourth-order valence-electron chi connectivity index (χ4n) is 2.52. The molecule has 0 bridgehead atoms. The Labute approximate surface area is 152 Å². The van der Waals surface area contributed by atoms with Gasteiger partial charge in [0.25, 0.3) is 11.8 Å². The summed E-state index contributed by atoms with van der Waals surface area (Å²) >= 11 is 0. The summed E-state index contributed by atoms with van der Waals surface area (Å²) in [6.45, 7) is 0. The first kappa shape index (κ1) is 16.8. The van der Waals surface area contributed by atoms with Gasteiger partial charge in [-0.1, -0.05) is 48.5 Å². The SMILES string of the molecule is FC(F)c1nnc(-c2cnc(Nc3ccccc3-c3ccccc3)nc2)o1. The van der Waals surface area contributed by atoms with Gasteiger partial charge in [-0.2, -0.15) is 8.78 Å². The van der Waals surface area contributed by atoms with Crippen molar-refractivity contribution in [1.29, 1.82) is 0 Å². The summed E-state index contributed by atoms with van der Waals surface area (Å²) in [5, 5.41) is 10.0. The van der Waals surface area contributed by atoms with Crippen molar-refractivity contribution in [2.75, 3.05) is 5.32 Å². The second-order valence-electron chi connectivity index (χ2n) is 5.58. The lowest BCUT2D eigenvalue weighted by Gasteiger charge is -2.11. The summed E-state index contributed by atoms with van der Waals surface area (Å²) in [6.07, 6.45) is 0.0505. The van der Waals surface area contributed by atoms with E-state index in [2.05, 4.69) is 25.5 Å². The van der Waals surface area contributed by atoms with Gasteiger partial charge in [0.05, 0.1) is 5.56 Å². The average molecular weight is 365 g/mol. The first-order valence-corrected chi connectivity index (χ1v) is 8.06. The van der Waals surface area contributed by atoms with Gasteiger partial charge in [0, 0.05) is 23.6 Å². The third-order valence-electron chi connectivity index (χ3n) is 3.78. The van der Waals surface area contributed by atoms with Crippen LogP contribution in [0.2, 0.25) is 0 Å². The minimum Gasteiger partial charge on any atom is -0.415 e. The number of benzene rings is 2. The molecule has 0 spiro atoms. The molecule has 0 unspecified atom stereocenters. The Hall–Kier alpha value is -3.68. The Morgan fingerprint density at radius 2 is 1.52 bits per heavy atom. The number of nitrogens with one attached hydrogen (secondary N) is 1. The number of para-hydroxylation sites is 1. The first-order valence-electron chi connectivity index (χ1n) is 8.06. The molecule has 27 heavy (non-hydrogen) atoms. The quantitative estimate of drug-likeness (QED) is 0.543. The molecule has 0 saturated heterocycles. The second kappa shape index (κ2) is 7.28. The molecule has 6 nitrogen and oxygen atoms in total. The molecule has 0 amide bonds. The zero-order valence-electron chi connectivity index (χ0n) is 13.9. The van der Waals surface area contributed by atoms with Crippen LogP contribution in [0, 0.1) is 0 Å². The number of hydrogen-bond acceptors (Lipinski definition) is 6. The van der Waals surface area contributed by atoms with E-state index in [1.807, 2.05) is 54.6 Å². The van der Waals surface area contributed by atoms with E-state index in [1.54, 1.807) is 0 Å². The third kappa shape index (κ3) is 3.64. The molecule has 134 valence electrons. The monoisotopic (exact) mass is 365 g/mol. The normalized spacial score (nSPS) is 10.9. The fraction of sp³-hybridized carbons (Fsp3) is 0.0526. The van der Waals surface area contributed by atoms with Gasteiger partial charge in [0.2, 0.25) is 5.95 Å². The van der Waals surface area contributed by atoms with Gasteiger partial charge in [-0.05, 0) is 11.6 Å². The van der Waals surface area contributed by atoms with Gasteiger partial charge in [0.1, 0.15) is 0 Å². The molecule has 1 N–H and O–H groups in total. The summed E-state index contributed by atoms with van der Waals surface area (Å²) in [5.41, 5.74) is 3.26. The molecule has 0 fully saturated rings. The minimum absolute atomic E-state index is 0.0541. The molecule has 0 aliphatic carbocycles. The summed E-state index contributed by atoms with van der Waals surface area (Å²) < 4.78 is 30.0. The van der Waals surface area contributed by atoms with Crippen LogP contribution in [0.15, 0.2) is 71.4 Å². The van der Waals surface area contributed by atoms with Gasteiger partial charge in [-0.25, -0.2) is 9.97 Å². The number of rotatable bonds is 5. The number of aromatic nitrogens is 4. The lowest BCUT2D eigenvalue weighted by atomic mass is 10.0. The Morgan fingerprint density at radius 1 is 0.815 bits per heavy atom. The minimum atomic E-state index is -2.82. The first-order chi connectivity index (χ1) is 13.2. The van der Waals surface area contributed by atoms with E-state index in [-0.39, 0.29) is 5.89 Å². The molecule has 2 heterocycles. The maximum Gasteiger partial charge on any atom is 0.314 e. The molecule has 0 aliphatic rings. The van der Waals surface area contributed by atoms with E-state index in [0.29, 0.717) is 11.5 Å². The highest BCUT2D eigenvalue weighted by molar-refractivity contribution is 5.79. The van der Waals surface area contributed by atoms with Gasteiger partial charge in [0.15, 0.2) is 0 Å². The molecule has 0 saturated carbocycles. The highest BCUT2D eigenvalue weighted by Crippen LogP contribution is 2.29. The molecule has 2 aromatic heterocycles. The maximum absolute atomic E-state index is 12.5. The van der Waals surface area contributed by atoms with Crippen LogP contribution < -0.4 is 5.32 Å². The summed E-state index contributed by atoms with van der Waals surface area (Å²) in [5.74, 6) is -0.429. The molecular formula is C19H13F2N5O. The zero-order valence-corrected chi connectivity index (χ0v) is 13.9. The highest BCUT2D eigenvalue weighted by Gasteiger charge is 2.17. The number of alkyl halides is 2. The van der Waals surface area contributed by atoms with Crippen LogP contribution in [-0.4, -0.2) is 20.2 Å². The van der Waals surface area contributed by atoms with Gasteiger partial charge < -0.3 is 9.73 Å². The summed E-state index contributed by atoms with van der Waals surface area (Å²) in [4.78, 5) is 8.40. The molecule has 4 aromatic rings. The van der Waals surface area contributed by atoms with Crippen LogP contribution in [0.25, 0.3) is 22.6 Å². The molecule has 2 aromatic carbocycles. The maximum atomic E-state index is 12.5. The average Bonchev–Trinajstić information content (AvgIpc) is 3.20. The number of anilines is 2. The smallest absolute Gasteiger partial charge is 0.314 e. The Balaban J connectivity index is 1.57. The molecule has 0 radical (unpaired) electrons. The van der Waals surface area contributed by atoms with E-state index >= 15 is 0 Å². The molecule has 8 heteroatoms. The molecule has 4 rings (SSSR count). The van der Waals surface area contributed by atoms with Gasteiger partial charge in [-0.15, -0.1) is 10.2 Å². The van der Waals surface area contributed by atoms with E-state index in [0.717, 1.165) is 16.8 Å². The van der Waals surface area contributed by atoms with Crippen molar-refractivity contribution in [3.05, 3.63) is 72.9 Å². The molecule has 0 atom stereocenters. The number of nitrogens with zero attached hydrogens (tertiary/aromatic N) is 4. The van der Waals surface area contributed by atoms with Crippen molar-refractivity contribution >= 4 is 11.6 Å². The fourth-order valence-corrected chi connectivity index (χ4v) is 2.52. The van der Waals surface area contributed by atoms with Crippen molar-refractivity contribution in [2.24, 2.45) is 0 Å². The molecular weight excluding hydrogens is 352 g/mol. The van der Waals surface area contributed by atoms with Gasteiger partial charge >= 0.3 is 6.43 Å². The molecule has 0 aliphatic heterocycles. The van der Waals surface area contributed by atoms with Gasteiger partial charge in [-0.3, -0.25) is 0 Å². The van der Waals surface area contributed by atoms with Crippen molar-refractivity contribution in [2.45, 2.75) is 6.43 Å². The predicted molar refractivity (Wildman–Crippen MR) is 95.4 cm³/mol. The van der Waals surface area contributed by atoms with Crippen LogP contribution in [0.1, 0.15) is 12.3 Å². The Bertz CT molecular complexity index is 1040. The van der Waals surface area contributed by atoms with Crippen LogP contribution >= 0.6 is 0 Å². The highest BCUT2D eigenvalue weighted by atomic mass is 19.3. The van der Waals surface area contributed by atoms with Crippen molar-refractivity contribution < 1.29 is 13.2 Å². The van der Waals surface area contributed by atoms with E-state index in [1.165, 1.54) is 12.4 Å². The van der Waals surface area contributed by atoms with E-state index < -0.39 is 12.3 Å². The predicted octanol–water partition coefficient (Wildman–Crippen LogP) is 4.87. The van der Waals surface area contributed by atoms with E-state index in [4.69, 9.17) is 4.42 Å². The van der Waals surface area contributed by atoms with E-state index in [9.17, 15) is 8.78 Å². The van der Waals surface area contributed by atoms with Crippen molar-refractivity contribution in [1.82, 2.24) is 20.2 Å². The summed E-state index contributed by atoms with van der Waals surface area (Å²) in [7, 11) is 0.